The lowest BCUT2D eigenvalue weighted by molar-refractivity contribution is -0.122. The molecule has 1 amide bonds. The maximum absolute atomic E-state index is 13.0. The summed E-state index contributed by atoms with van der Waals surface area (Å²) in [5.41, 5.74) is 4.06. The summed E-state index contributed by atoms with van der Waals surface area (Å²) < 4.78 is 27.5. The molecule has 0 aliphatic carbocycles. The van der Waals surface area contributed by atoms with Crippen molar-refractivity contribution in [3.63, 3.8) is 0 Å². The van der Waals surface area contributed by atoms with Gasteiger partial charge < -0.3 is 5.32 Å². The van der Waals surface area contributed by atoms with Crippen molar-refractivity contribution in [1.82, 2.24) is 14.5 Å². The molecule has 0 atom stereocenters. The molecular weight excluding hydrogens is 386 g/mol. The van der Waals surface area contributed by atoms with Gasteiger partial charge in [-0.25, -0.2) is 8.42 Å². The first-order valence-electron chi connectivity index (χ1n) is 9.88. The van der Waals surface area contributed by atoms with Gasteiger partial charge in [0.2, 0.25) is 15.9 Å². The molecule has 1 heterocycles. The smallest absolute Gasteiger partial charge is 0.243 e. The van der Waals surface area contributed by atoms with Crippen molar-refractivity contribution < 1.29 is 13.2 Å². The summed E-state index contributed by atoms with van der Waals surface area (Å²) in [5.74, 6) is -0.0426. The highest BCUT2D eigenvalue weighted by molar-refractivity contribution is 7.89. The first-order chi connectivity index (χ1) is 13.8. The fourth-order valence-electron chi connectivity index (χ4n) is 3.62. The van der Waals surface area contributed by atoms with Crippen LogP contribution in [0.2, 0.25) is 0 Å². The monoisotopic (exact) mass is 415 g/mol. The number of aryl methyl sites for hydroxylation is 3. The summed E-state index contributed by atoms with van der Waals surface area (Å²) in [5, 5.41) is 2.95. The molecule has 1 N–H and O–H groups in total. The van der Waals surface area contributed by atoms with E-state index in [1.165, 1.54) is 4.31 Å². The van der Waals surface area contributed by atoms with E-state index in [1.807, 2.05) is 62.1 Å². The van der Waals surface area contributed by atoms with E-state index in [9.17, 15) is 13.2 Å². The predicted octanol–water partition coefficient (Wildman–Crippen LogP) is 2.23. The number of rotatable bonds is 6. The third-order valence-electron chi connectivity index (χ3n) is 5.38. The summed E-state index contributed by atoms with van der Waals surface area (Å²) in [7, 11) is -3.51. The SMILES string of the molecule is Cc1ccc(S(=O)(=O)N2CCN(CC(=O)NCc3ccccc3C)CC2)c(C)c1. The van der Waals surface area contributed by atoms with Gasteiger partial charge in [0.05, 0.1) is 11.4 Å². The third kappa shape index (κ3) is 5.23. The Labute approximate surface area is 173 Å². The van der Waals surface area contributed by atoms with Gasteiger partial charge in [-0.3, -0.25) is 9.69 Å². The Balaban J connectivity index is 1.52. The average Bonchev–Trinajstić information content (AvgIpc) is 2.67. The van der Waals surface area contributed by atoms with Crippen LogP contribution in [0.15, 0.2) is 47.4 Å². The second kappa shape index (κ2) is 9.07. The maximum atomic E-state index is 13.0. The topological polar surface area (TPSA) is 69.7 Å². The van der Waals surface area contributed by atoms with Crippen molar-refractivity contribution in [2.24, 2.45) is 0 Å². The minimum atomic E-state index is -3.51. The van der Waals surface area contributed by atoms with Crippen molar-refractivity contribution in [3.05, 3.63) is 64.7 Å². The standard InChI is InChI=1S/C22H29N3O3S/c1-17-8-9-21(19(3)14-17)29(27,28)25-12-10-24(11-13-25)16-22(26)23-15-20-7-5-4-6-18(20)2/h4-9,14H,10-13,15-16H2,1-3H3,(H,23,26). The second-order valence-electron chi connectivity index (χ2n) is 7.65. The molecule has 1 fully saturated rings. The van der Waals surface area contributed by atoms with Crippen LogP contribution < -0.4 is 5.32 Å². The zero-order valence-electron chi connectivity index (χ0n) is 17.3. The number of carbonyl (C=O) groups is 1. The molecule has 156 valence electrons. The molecule has 0 unspecified atom stereocenters. The molecule has 1 aliphatic heterocycles. The lowest BCUT2D eigenvalue weighted by Crippen LogP contribution is -2.51. The van der Waals surface area contributed by atoms with E-state index in [1.54, 1.807) is 6.07 Å². The maximum Gasteiger partial charge on any atom is 0.243 e. The molecule has 0 bridgehead atoms. The number of nitrogens with zero attached hydrogens (tertiary/aromatic N) is 2. The summed E-state index contributed by atoms with van der Waals surface area (Å²) in [6, 6.07) is 13.4. The van der Waals surface area contributed by atoms with Gasteiger partial charge in [0.15, 0.2) is 0 Å². The molecule has 7 heteroatoms. The molecule has 0 aromatic heterocycles. The highest BCUT2D eigenvalue weighted by atomic mass is 32.2. The van der Waals surface area contributed by atoms with Gasteiger partial charge in [0.25, 0.3) is 0 Å². The van der Waals surface area contributed by atoms with E-state index in [-0.39, 0.29) is 12.5 Å². The highest BCUT2D eigenvalue weighted by Gasteiger charge is 2.30. The van der Waals surface area contributed by atoms with Gasteiger partial charge in [-0.05, 0) is 43.5 Å². The molecular formula is C22H29N3O3S. The largest absolute Gasteiger partial charge is 0.351 e. The van der Waals surface area contributed by atoms with E-state index < -0.39 is 10.0 Å². The molecule has 29 heavy (non-hydrogen) atoms. The van der Waals surface area contributed by atoms with Crippen molar-refractivity contribution in [2.45, 2.75) is 32.2 Å². The average molecular weight is 416 g/mol. The van der Waals surface area contributed by atoms with E-state index in [0.717, 1.165) is 22.3 Å². The number of hydrogen-bond acceptors (Lipinski definition) is 4. The first-order valence-corrected chi connectivity index (χ1v) is 11.3. The lowest BCUT2D eigenvalue weighted by atomic mass is 10.1. The first kappa shape index (κ1) is 21.5. The summed E-state index contributed by atoms with van der Waals surface area (Å²) in [4.78, 5) is 14.7. The van der Waals surface area contributed by atoms with Crippen molar-refractivity contribution in [1.29, 1.82) is 0 Å². The van der Waals surface area contributed by atoms with Gasteiger partial charge >= 0.3 is 0 Å². The molecule has 3 rings (SSSR count). The molecule has 1 aliphatic rings. The minimum absolute atomic E-state index is 0.0426. The fourth-order valence-corrected chi connectivity index (χ4v) is 5.25. The number of piperazine rings is 1. The summed E-state index contributed by atoms with van der Waals surface area (Å²) >= 11 is 0. The zero-order chi connectivity index (χ0) is 21.0. The Bertz CT molecular complexity index is 981. The van der Waals surface area contributed by atoms with Gasteiger partial charge in [0.1, 0.15) is 0 Å². The second-order valence-corrected chi connectivity index (χ2v) is 9.56. The highest BCUT2D eigenvalue weighted by Crippen LogP contribution is 2.22. The fraction of sp³-hybridized carbons (Fsp3) is 0.409. The number of nitrogens with one attached hydrogen (secondary N) is 1. The lowest BCUT2D eigenvalue weighted by Gasteiger charge is -2.33. The Morgan fingerprint density at radius 3 is 2.31 bits per heavy atom. The van der Waals surface area contributed by atoms with Crippen LogP contribution >= 0.6 is 0 Å². The van der Waals surface area contributed by atoms with Gasteiger partial charge in [-0.15, -0.1) is 0 Å². The van der Waals surface area contributed by atoms with Crippen LogP contribution in [-0.2, 0) is 21.4 Å². The summed E-state index contributed by atoms with van der Waals surface area (Å²) in [6.45, 7) is 8.46. The van der Waals surface area contributed by atoms with Crippen LogP contribution in [0.5, 0.6) is 0 Å². The number of sulfonamides is 1. The van der Waals surface area contributed by atoms with Crippen molar-refractivity contribution in [3.8, 4) is 0 Å². The molecule has 2 aromatic rings. The molecule has 2 aromatic carbocycles. The zero-order valence-corrected chi connectivity index (χ0v) is 18.1. The van der Waals surface area contributed by atoms with Crippen LogP contribution in [-0.4, -0.2) is 56.3 Å². The van der Waals surface area contributed by atoms with Crippen LogP contribution in [0, 0.1) is 20.8 Å². The van der Waals surface area contributed by atoms with Gasteiger partial charge in [-0.2, -0.15) is 4.31 Å². The Morgan fingerprint density at radius 2 is 1.66 bits per heavy atom. The molecule has 6 nitrogen and oxygen atoms in total. The van der Waals surface area contributed by atoms with E-state index in [2.05, 4.69) is 5.32 Å². The van der Waals surface area contributed by atoms with Crippen molar-refractivity contribution >= 4 is 15.9 Å². The van der Waals surface area contributed by atoms with Gasteiger partial charge in [-0.1, -0.05) is 42.0 Å². The molecule has 1 saturated heterocycles. The van der Waals surface area contributed by atoms with Crippen molar-refractivity contribution in [2.75, 3.05) is 32.7 Å². The number of amides is 1. The van der Waals surface area contributed by atoms with Crippen LogP contribution in [0.4, 0.5) is 0 Å². The third-order valence-corrected chi connectivity index (χ3v) is 7.44. The summed E-state index contributed by atoms with van der Waals surface area (Å²) in [6.07, 6.45) is 0. The molecule has 0 spiro atoms. The quantitative estimate of drug-likeness (QED) is 0.786. The number of benzene rings is 2. The van der Waals surface area contributed by atoms with E-state index in [4.69, 9.17) is 0 Å². The number of hydrogen-bond donors (Lipinski definition) is 1. The predicted molar refractivity (Wildman–Crippen MR) is 114 cm³/mol. The Hall–Kier alpha value is -2.22. The van der Waals surface area contributed by atoms with Gasteiger partial charge in [0, 0.05) is 32.7 Å². The van der Waals surface area contributed by atoms with E-state index in [0.29, 0.717) is 37.6 Å². The van der Waals surface area contributed by atoms with Crippen LogP contribution in [0.1, 0.15) is 22.3 Å². The van der Waals surface area contributed by atoms with E-state index >= 15 is 0 Å². The molecule has 0 saturated carbocycles. The molecule has 0 radical (unpaired) electrons. The van der Waals surface area contributed by atoms with Crippen LogP contribution in [0.25, 0.3) is 0 Å². The minimum Gasteiger partial charge on any atom is -0.351 e. The van der Waals surface area contributed by atoms with Crippen LogP contribution in [0.3, 0.4) is 0 Å². The Kier molecular flexibility index (Phi) is 6.72. The Morgan fingerprint density at radius 1 is 0.966 bits per heavy atom. The number of carbonyl (C=O) groups excluding carboxylic acids is 1. The normalized spacial score (nSPS) is 16.0.